The van der Waals surface area contributed by atoms with Crippen LogP contribution in [-0.2, 0) is 16.8 Å². The fraction of sp³-hybridized carbons (Fsp3) is 0.600. The largest absolute Gasteiger partial charge is 0.477 e. The zero-order chi connectivity index (χ0) is 16.8. The Balaban J connectivity index is 2.26. The number of aromatic nitrogens is 1. The molecule has 0 aromatic carbocycles. The van der Waals surface area contributed by atoms with E-state index in [0.717, 1.165) is 5.56 Å². The Hall–Kier alpha value is -2.06. The lowest BCUT2D eigenvalue weighted by molar-refractivity contribution is -0.185. The van der Waals surface area contributed by atoms with Crippen molar-refractivity contribution in [3.63, 3.8) is 0 Å². The Morgan fingerprint density at radius 2 is 2.35 bits per heavy atom. The molecule has 0 spiro atoms. The van der Waals surface area contributed by atoms with E-state index in [0.29, 0.717) is 36.7 Å². The summed E-state index contributed by atoms with van der Waals surface area (Å²) in [5, 5.41) is 14.4. The number of pyridine rings is 1. The molecular formula is C15H22N4O4. The van der Waals surface area contributed by atoms with Gasteiger partial charge in [-0.25, -0.2) is 9.78 Å². The number of nitrogens with zero attached hydrogens (tertiary/aromatic N) is 1. The molecule has 3 rings (SSSR count). The average molecular weight is 322 g/mol. The fourth-order valence-electron chi connectivity index (χ4n) is 3.58. The second kappa shape index (κ2) is 5.24. The van der Waals surface area contributed by atoms with Crippen LogP contribution in [0.2, 0.25) is 0 Å². The summed E-state index contributed by atoms with van der Waals surface area (Å²) in [5.41, 5.74) is 10.3. The maximum Gasteiger partial charge on any atom is 0.405 e. The molecule has 8 heteroatoms. The molecule has 3 atom stereocenters. The highest BCUT2D eigenvalue weighted by molar-refractivity contribution is 5.68. The van der Waals surface area contributed by atoms with Gasteiger partial charge in [-0.05, 0) is 6.92 Å². The van der Waals surface area contributed by atoms with E-state index in [1.165, 1.54) is 6.20 Å². The summed E-state index contributed by atoms with van der Waals surface area (Å²) in [4.78, 5) is 15.8. The highest BCUT2D eigenvalue weighted by Crippen LogP contribution is 2.48. The Labute approximate surface area is 134 Å². The Morgan fingerprint density at radius 3 is 3.04 bits per heavy atom. The van der Waals surface area contributed by atoms with E-state index in [4.69, 9.17) is 20.9 Å². The number of ether oxygens (including phenoxy) is 2. The summed E-state index contributed by atoms with van der Waals surface area (Å²) < 4.78 is 11.0. The first-order valence-electron chi connectivity index (χ1n) is 7.62. The van der Waals surface area contributed by atoms with Crippen molar-refractivity contribution < 1.29 is 19.4 Å². The van der Waals surface area contributed by atoms with Crippen LogP contribution in [0.5, 0.6) is 5.88 Å². The van der Waals surface area contributed by atoms with Gasteiger partial charge in [-0.3, -0.25) is 0 Å². The molecule has 3 heterocycles. The summed E-state index contributed by atoms with van der Waals surface area (Å²) in [7, 11) is 0. The molecule has 23 heavy (non-hydrogen) atoms. The third kappa shape index (κ3) is 2.21. The molecule has 1 amide bonds. The number of hydrogen-bond acceptors (Lipinski definition) is 7. The van der Waals surface area contributed by atoms with Crippen LogP contribution in [0.4, 0.5) is 10.5 Å². The van der Waals surface area contributed by atoms with Crippen molar-refractivity contribution >= 4 is 11.8 Å². The third-order valence-corrected chi connectivity index (χ3v) is 5.04. The van der Waals surface area contributed by atoms with E-state index in [1.807, 2.05) is 6.92 Å². The molecule has 0 bridgehead atoms. The zero-order valence-electron chi connectivity index (χ0n) is 13.3. The quantitative estimate of drug-likeness (QED) is 0.596. The van der Waals surface area contributed by atoms with Gasteiger partial charge in [-0.15, -0.1) is 0 Å². The number of nitrogens with one attached hydrogen (secondary N) is 1. The first kappa shape index (κ1) is 15.8. The molecule has 0 saturated carbocycles. The number of nitrogen functional groups attached to an aromatic ring is 1. The summed E-state index contributed by atoms with van der Waals surface area (Å²) >= 11 is 0. The zero-order valence-corrected chi connectivity index (χ0v) is 13.3. The van der Waals surface area contributed by atoms with Gasteiger partial charge in [-0.2, -0.15) is 0 Å². The van der Waals surface area contributed by atoms with Crippen LogP contribution in [-0.4, -0.2) is 41.5 Å². The van der Waals surface area contributed by atoms with Crippen LogP contribution < -0.4 is 21.5 Å². The number of piperidine rings is 1. The van der Waals surface area contributed by atoms with E-state index in [9.17, 15) is 9.90 Å². The number of anilines is 1. The lowest BCUT2D eigenvalue weighted by Gasteiger charge is -2.51. The van der Waals surface area contributed by atoms with Crippen LogP contribution >= 0.6 is 0 Å². The number of carbonyl (C=O) groups excluding carboxylic acids is 1. The van der Waals surface area contributed by atoms with Crippen LogP contribution in [0, 0.1) is 5.92 Å². The maximum absolute atomic E-state index is 11.6. The van der Waals surface area contributed by atoms with E-state index < -0.39 is 17.3 Å². The van der Waals surface area contributed by atoms with Crippen molar-refractivity contribution in [3.05, 3.63) is 17.3 Å². The van der Waals surface area contributed by atoms with Crippen LogP contribution in [0.15, 0.2) is 6.20 Å². The lowest BCUT2D eigenvalue weighted by atomic mass is 9.68. The summed E-state index contributed by atoms with van der Waals surface area (Å²) in [6, 6.07) is 0. The Morgan fingerprint density at radius 1 is 1.61 bits per heavy atom. The van der Waals surface area contributed by atoms with Gasteiger partial charge in [0.25, 0.3) is 0 Å². The normalized spacial score (nSPS) is 32.9. The van der Waals surface area contributed by atoms with Crippen molar-refractivity contribution in [1.29, 1.82) is 0 Å². The summed E-state index contributed by atoms with van der Waals surface area (Å²) in [5.74, 6) is 0.261. The molecule has 8 nitrogen and oxygen atoms in total. The molecule has 0 aliphatic carbocycles. The number of amides is 1. The summed E-state index contributed by atoms with van der Waals surface area (Å²) in [6.07, 6.45) is 1.07. The van der Waals surface area contributed by atoms with Gasteiger partial charge in [-0.1, -0.05) is 6.92 Å². The molecule has 1 fully saturated rings. The molecule has 1 saturated heterocycles. The predicted molar refractivity (Wildman–Crippen MR) is 82.9 cm³/mol. The van der Waals surface area contributed by atoms with Crippen molar-refractivity contribution in [2.45, 2.75) is 31.5 Å². The number of nitrogens with two attached hydrogens (primary N) is 2. The van der Waals surface area contributed by atoms with E-state index >= 15 is 0 Å². The second-order valence-electron chi connectivity index (χ2n) is 6.40. The SMILES string of the molecule is C[C@H]1CNC[C@](OC(N)=O)(c2c(N)cnc3c2CCO3)[C@]1(C)O. The number of rotatable bonds is 2. The molecule has 0 radical (unpaired) electrons. The average Bonchev–Trinajstić information content (AvgIpc) is 2.92. The Bertz CT molecular complexity index is 649. The monoisotopic (exact) mass is 322 g/mol. The van der Waals surface area contributed by atoms with Crippen molar-refractivity contribution in [2.24, 2.45) is 11.7 Å². The highest BCUT2D eigenvalue weighted by atomic mass is 16.6. The van der Waals surface area contributed by atoms with E-state index in [-0.39, 0.29) is 12.5 Å². The number of fused-ring (bicyclic) bond motifs is 1. The van der Waals surface area contributed by atoms with Gasteiger partial charge in [0.2, 0.25) is 5.88 Å². The predicted octanol–water partition coefficient (Wildman–Crippen LogP) is -0.120. The van der Waals surface area contributed by atoms with Crippen LogP contribution in [0.3, 0.4) is 0 Å². The topological polar surface area (TPSA) is 133 Å². The van der Waals surface area contributed by atoms with Gasteiger partial charge in [0.15, 0.2) is 5.60 Å². The van der Waals surface area contributed by atoms with Crippen molar-refractivity contribution in [2.75, 3.05) is 25.4 Å². The van der Waals surface area contributed by atoms with E-state index in [2.05, 4.69) is 10.3 Å². The highest BCUT2D eigenvalue weighted by Gasteiger charge is 2.58. The van der Waals surface area contributed by atoms with Gasteiger partial charge >= 0.3 is 6.09 Å². The van der Waals surface area contributed by atoms with Crippen molar-refractivity contribution in [1.82, 2.24) is 10.3 Å². The smallest absolute Gasteiger partial charge is 0.405 e. The molecule has 0 unspecified atom stereocenters. The molecular weight excluding hydrogens is 300 g/mol. The number of aliphatic hydroxyl groups is 1. The van der Waals surface area contributed by atoms with Gasteiger partial charge < -0.3 is 31.4 Å². The molecule has 6 N–H and O–H groups in total. The number of hydrogen-bond donors (Lipinski definition) is 4. The first-order chi connectivity index (χ1) is 10.8. The molecule has 1 aromatic heterocycles. The first-order valence-corrected chi connectivity index (χ1v) is 7.62. The molecule has 2 aliphatic heterocycles. The molecule has 2 aliphatic rings. The van der Waals surface area contributed by atoms with Gasteiger partial charge in [0.1, 0.15) is 5.60 Å². The minimum atomic E-state index is -1.40. The van der Waals surface area contributed by atoms with Gasteiger partial charge in [0.05, 0.1) is 18.5 Å². The van der Waals surface area contributed by atoms with E-state index in [1.54, 1.807) is 6.92 Å². The number of primary amides is 1. The van der Waals surface area contributed by atoms with Gasteiger partial charge in [0, 0.05) is 36.6 Å². The third-order valence-electron chi connectivity index (χ3n) is 5.04. The summed E-state index contributed by atoms with van der Waals surface area (Å²) in [6.45, 7) is 4.77. The van der Waals surface area contributed by atoms with Crippen LogP contribution in [0.1, 0.15) is 25.0 Å². The lowest BCUT2D eigenvalue weighted by Crippen LogP contribution is -2.67. The Kier molecular flexibility index (Phi) is 3.61. The minimum Gasteiger partial charge on any atom is -0.477 e. The standard InChI is InChI=1S/C15H22N4O4/c1-8-5-18-7-15(14(8,2)21,23-13(17)20)11-9-3-4-22-12(9)19-6-10(11)16/h6,8,18,21H,3-5,7,16H2,1-2H3,(H2,17,20)/t8-,14+,15-/m0/s1. The second-order valence-corrected chi connectivity index (χ2v) is 6.40. The van der Waals surface area contributed by atoms with Crippen molar-refractivity contribution in [3.8, 4) is 5.88 Å². The number of carbonyl (C=O) groups is 1. The fourth-order valence-corrected chi connectivity index (χ4v) is 3.58. The van der Waals surface area contributed by atoms with Crippen LogP contribution in [0.25, 0.3) is 0 Å². The maximum atomic E-state index is 11.6. The molecule has 126 valence electrons. The molecule has 1 aromatic rings. The minimum absolute atomic E-state index is 0.193.